The van der Waals surface area contributed by atoms with E-state index in [-0.39, 0.29) is 11.9 Å². The molecule has 1 aliphatic heterocycles. The summed E-state index contributed by atoms with van der Waals surface area (Å²) in [4.78, 5) is 23.4. The first-order valence-electron chi connectivity index (χ1n) is 9.61. The largest absolute Gasteiger partial charge is 0.497 e. The van der Waals surface area contributed by atoms with Gasteiger partial charge in [-0.1, -0.05) is 11.2 Å². The Balaban J connectivity index is 1.39. The van der Waals surface area contributed by atoms with Crippen LogP contribution >= 0.6 is 0 Å². The van der Waals surface area contributed by atoms with Gasteiger partial charge in [-0.05, 0) is 35.9 Å². The molecule has 1 amide bonds. The first-order chi connectivity index (χ1) is 14.2. The van der Waals surface area contributed by atoms with E-state index in [2.05, 4.69) is 20.4 Å². The van der Waals surface area contributed by atoms with Gasteiger partial charge in [-0.2, -0.15) is 4.98 Å². The lowest BCUT2D eigenvalue weighted by atomic mass is 10.0. The summed E-state index contributed by atoms with van der Waals surface area (Å²) in [6, 6.07) is 11.3. The third kappa shape index (κ3) is 4.43. The molecule has 0 aliphatic carbocycles. The highest BCUT2D eigenvalue weighted by Gasteiger charge is 2.28. The van der Waals surface area contributed by atoms with Crippen LogP contribution in [0.15, 0.2) is 53.3 Å². The molecule has 1 N–H and O–H groups in total. The number of pyridine rings is 1. The molecule has 1 atom stereocenters. The Hall–Kier alpha value is -3.26. The van der Waals surface area contributed by atoms with Crippen LogP contribution < -0.4 is 10.1 Å². The maximum atomic E-state index is 12.9. The van der Waals surface area contributed by atoms with Crippen LogP contribution in [0.4, 0.5) is 0 Å². The Kier molecular flexibility index (Phi) is 5.81. The van der Waals surface area contributed by atoms with Crippen molar-refractivity contribution in [3.8, 4) is 17.1 Å². The number of nitrogens with zero attached hydrogens (tertiary/aromatic N) is 4. The quantitative estimate of drug-likeness (QED) is 0.686. The van der Waals surface area contributed by atoms with Crippen molar-refractivity contribution in [3.05, 3.63) is 60.2 Å². The molecule has 1 fully saturated rings. The van der Waals surface area contributed by atoms with Crippen LogP contribution in [0.2, 0.25) is 0 Å². The number of aromatic nitrogens is 3. The molecule has 1 aliphatic rings. The lowest BCUT2D eigenvalue weighted by Gasteiger charge is -2.36. The summed E-state index contributed by atoms with van der Waals surface area (Å²) in [6.07, 6.45) is 4.28. The average molecular weight is 393 g/mol. The molecule has 2 aromatic heterocycles. The van der Waals surface area contributed by atoms with Crippen molar-refractivity contribution in [2.45, 2.75) is 18.9 Å². The van der Waals surface area contributed by atoms with Crippen molar-refractivity contribution in [2.75, 3.05) is 26.7 Å². The predicted molar refractivity (Wildman–Crippen MR) is 106 cm³/mol. The van der Waals surface area contributed by atoms with Gasteiger partial charge >= 0.3 is 0 Å². The van der Waals surface area contributed by atoms with E-state index in [4.69, 9.17) is 9.26 Å². The van der Waals surface area contributed by atoms with E-state index in [9.17, 15) is 4.79 Å². The molecule has 3 aromatic rings. The van der Waals surface area contributed by atoms with Gasteiger partial charge in [0.2, 0.25) is 17.6 Å². The van der Waals surface area contributed by atoms with Crippen LogP contribution in [-0.2, 0) is 11.2 Å². The first kappa shape index (κ1) is 19.1. The number of carbonyl (C=O) groups is 1. The number of aryl methyl sites for hydroxylation is 1. The second kappa shape index (κ2) is 8.83. The van der Waals surface area contributed by atoms with Crippen LogP contribution in [0.25, 0.3) is 11.4 Å². The van der Waals surface area contributed by atoms with Gasteiger partial charge in [-0.3, -0.25) is 9.78 Å². The summed E-state index contributed by atoms with van der Waals surface area (Å²) >= 11 is 0. The molecule has 3 heterocycles. The summed E-state index contributed by atoms with van der Waals surface area (Å²) in [5.41, 5.74) is 1.87. The van der Waals surface area contributed by atoms with Gasteiger partial charge in [0, 0.05) is 50.4 Å². The second-order valence-corrected chi connectivity index (χ2v) is 6.83. The van der Waals surface area contributed by atoms with Gasteiger partial charge in [0.05, 0.1) is 13.2 Å². The van der Waals surface area contributed by atoms with E-state index in [0.717, 1.165) is 30.0 Å². The molecule has 0 bridgehead atoms. The number of ether oxygens (including phenoxy) is 1. The Morgan fingerprint density at radius 2 is 2.17 bits per heavy atom. The van der Waals surface area contributed by atoms with Gasteiger partial charge in [0.25, 0.3) is 0 Å². The van der Waals surface area contributed by atoms with Crippen molar-refractivity contribution < 1.29 is 14.1 Å². The van der Waals surface area contributed by atoms with Crippen molar-refractivity contribution in [2.24, 2.45) is 0 Å². The van der Waals surface area contributed by atoms with Crippen LogP contribution in [0.5, 0.6) is 5.75 Å². The molecular formula is C21H23N5O3. The molecular weight excluding hydrogens is 370 g/mol. The minimum absolute atomic E-state index is 0.0116. The molecule has 0 saturated carbocycles. The van der Waals surface area contributed by atoms with E-state index in [1.807, 2.05) is 47.5 Å². The molecule has 1 aromatic carbocycles. The summed E-state index contributed by atoms with van der Waals surface area (Å²) in [5, 5.41) is 7.37. The number of rotatable bonds is 6. The molecule has 1 saturated heterocycles. The molecule has 8 heteroatoms. The number of hydrogen-bond donors (Lipinski definition) is 1. The summed E-state index contributed by atoms with van der Waals surface area (Å²) in [7, 11) is 1.62. The molecule has 29 heavy (non-hydrogen) atoms. The number of benzene rings is 1. The van der Waals surface area contributed by atoms with Gasteiger partial charge in [0.1, 0.15) is 5.75 Å². The zero-order valence-electron chi connectivity index (χ0n) is 16.2. The number of carbonyl (C=O) groups excluding carboxylic acids is 1. The topological polar surface area (TPSA) is 93.4 Å². The maximum absolute atomic E-state index is 12.9. The smallest absolute Gasteiger partial charge is 0.227 e. The maximum Gasteiger partial charge on any atom is 0.227 e. The molecule has 0 spiro atoms. The Morgan fingerprint density at radius 1 is 1.31 bits per heavy atom. The molecule has 0 radical (unpaired) electrons. The molecule has 8 nitrogen and oxygen atoms in total. The Labute approximate surface area is 168 Å². The zero-order valence-corrected chi connectivity index (χ0v) is 16.2. The van der Waals surface area contributed by atoms with E-state index in [0.29, 0.717) is 31.1 Å². The van der Waals surface area contributed by atoms with Crippen LogP contribution in [0.1, 0.15) is 23.9 Å². The predicted octanol–water partition coefficient (Wildman–Crippen LogP) is 2.25. The van der Waals surface area contributed by atoms with Crippen molar-refractivity contribution >= 4 is 5.91 Å². The zero-order chi connectivity index (χ0) is 20.1. The average Bonchev–Trinajstić information content (AvgIpc) is 3.27. The van der Waals surface area contributed by atoms with Crippen LogP contribution in [-0.4, -0.2) is 52.7 Å². The van der Waals surface area contributed by atoms with Gasteiger partial charge < -0.3 is 19.5 Å². The molecule has 150 valence electrons. The lowest BCUT2D eigenvalue weighted by molar-refractivity contribution is -0.134. The summed E-state index contributed by atoms with van der Waals surface area (Å²) < 4.78 is 10.5. The van der Waals surface area contributed by atoms with E-state index < -0.39 is 0 Å². The fourth-order valence-corrected chi connectivity index (χ4v) is 3.44. The van der Waals surface area contributed by atoms with E-state index >= 15 is 0 Å². The van der Waals surface area contributed by atoms with Gasteiger partial charge in [-0.15, -0.1) is 0 Å². The second-order valence-electron chi connectivity index (χ2n) is 6.83. The monoisotopic (exact) mass is 393 g/mol. The number of hydrogen-bond acceptors (Lipinski definition) is 7. The lowest BCUT2D eigenvalue weighted by Crippen LogP contribution is -2.48. The SMILES string of the molecule is COc1ccc(-c2noc(CCC(=O)N3CCNCC3c3cccnc3)n2)cc1. The highest BCUT2D eigenvalue weighted by molar-refractivity contribution is 5.77. The van der Waals surface area contributed by atoms with E-state index in [1.54, 1.807) is 13.3 Å². The highest BCUT2D eigenvalue weighted by atomic mass is 16.5. The third-order valence-electron chi connectivity index (χ3n) is 5.00. The summed E-state index contributed by atoms with van der Waals surface area (Å²) in [6.45, 7) is 2.17. The third-order valence-corrected chi connectivity index (χ3v) is 5.00. The fraction of sp³-hybridized carbons (Fsp3) is 0.333. The minimum Gasteiger partial charge on any atom is -0.497 e. The van der Waals surface area contributed by atoms with Crippen molar-refractivity contribution in [1.29, 1.82) is 0 Å². The molecule has 1 unspecified atom stereocenters. The Bertz CT molecular complexity index is 942. The van der Waals surface area contributed by atoms with Crippen LogP contribution in [0.3, 0.4) is 0 Å². The first-order valence-corrected chi connectivity index (χ1v) is 9.61. The minimum atomic E-state index is -0.0116. The fourth-order valence-electron chi connectivity index (χ4n) is 3.44. The van der Waals surface area contributed by atoms with Crippen molar-refractivity contribution in [3.63, 3.8) is 0 Å². The van der Waals surface area contributed by atoms with Gasteiger partial charge in [-0.25, -0.2) is 0 Å². The molecule has 4 rings (SSSR count). The van der Waals surface area contributed by atoms with Crippen LogP contribution in [0, 0.1) is 0 Å². The van der Waals surface area contributed by atoms with E-state index in [1.165, 1.54) is 0 Å². The normalized spacial score (nSPS) is 16.6. The number of piperazine rings is 1. The number of amides is 1. The standard InChI is InChI=1S/C21H23N5O3/c1-28-17-6-4-15(5-7-17)21-24-19(29-25-21)8-9-20(27)26-12-11-23-14-18(26)16-3-2-10-22-13-16/h2-7,10,13,18,23H,8-9,11-12,14H2,1H3. The Morgan fingerprint density at radius 3 is 2.93 bits per heavy atom. The van der Waals surface area contributed by atoms with Crippen molar-refractivity contribution in [1.82, 2.24) is 25.3 Å². The number of nitrogens with one attached hydrogen (secondary N) is 1. The summed E-state index contributed by atoms with van der Waals surface area (Å²) in [5.74, 6) is 1.80. The van der Waals surface area contributed by atoms with Gasteiger partial charge in [0.15, 0.2) is 0 Å². The number of methoxy groups -OCH3 is 1. The highest BCUT2D eigenvalue weighted by Crippen LogP contribution is 2.23.